The van der Waals surface area contributed by atoms with E-state index in [1.165, 1.54) is 19.1 Å². The Morgan fingerprint density at radius 3 is 2.65 bits per heavy atom. The molecule has 0 aromatic heterocycles. The molecule has 2 rings (SSSR count). The second-order valence-corrected chi connectivity index (χ2v) is 5.20. The van der Waals surface area contributed by atoms with E-state index in [0.717, 1.165) is 6.07 Å². The number of nitrogens with two attached hydrogens (primary N) is 1. The molecule has 5 nitrogen and oxygen atoms in total. The topological polar surface area (TPSA) is 81.4 Å². The van der Waals surface area contributed by atoms with Gasteiger partial charge in [0.1, 0.15) is 11.6 Å². The lowest BCUT2D eigenvalue weighted by Crippen LogP contribution is -2.30. The molecule has 2 amide bonds. The number of nitrogens with one attached hydrogen (secondary N) is 1. The third-order valence-electron chi connectivity index (χ3n) is 2.99. The van der Waals surface area contributed by atoms with E-state index < -0.39 is 23.7 Å². The summed E-state index contributed by atoms with van der Waals surface area (Å²) in [5.74, 6) is -1.57. The maximum atomic E-state index is 13.7. The van der Waals surface area contributed by atoms with Gasteiger partial charge in [-0.25, -0.2) is 4.39 Å². The van der Waals surface area contributed by atoms with Crippen LogP contribution in [0.3, 0.4) is 0 Å². The average molecular weight is 337 g/mol. The molecule has 23 heavy (non-hydrogen) atoms. The van der Waals surface area contributed by atoms with E-state index >= 15 is 0 Å². The lowest BCUT2D eigenvalue weighted by Gasteiger charge is -2.15. The van der Waals surface area contributed by atoms with E-state index in [-0.39, 0.29) is 11.3 Å². The van der Waals surface area contributed by atoms with Crippen molar-refractivity contribution in [2.24, 2.45) is 5.73 Å². The summed E-state index contributed by atoms with van der Waals surface area (Å²) in [6.07, 6.45) is -0.898. The van der Waals surface area contributed by atoms with Crippen molar-refractivity contribution in [1.29, 1.82) is 0 Å². The molecule has 0 heterocycles. The first-order chi connectivity index (χ1) is 10.9. The molecule has 0 unspecified atom stereocenters. The van der Waals surface area contributed by atoms with Crippen LogP contribution in [-0.2, 0) is 4.79 Å². The number of primary amides is 1. The van der Waals surface area contributed by atoms with Crippen molar-refractivity contribution in [1.82, 2.24) is 0 Å². The van der Waals surface area contributed by atoms with E-state index in [9.17, 15) is 14.0 Å². The SMILES string of the molecule is C[C@@H](Oc1cccc(Cl)c1)C(=O)Nc1cc(C(N)=O)ccc1F. The van der Waals surface area contributed by atoms with Gasteiger partial charge >= 0.3 is 0 Å². The lowest BCUT2D eigenvalue weighted by atomic mass is 10.2. The third-order valence-corrected chi connectivity index (χ3v) is 3.22. The van der Waals surface area contributed by atoms with Gasteiger partial charge in [-0.15, -0.1) is 0 Å². The zero-order valence-electron chi connectivity index (χ0n) is 12.2. The van der Waals surface area contributed by atoms with Gasteiger partial charge in [0.15, 0.2) is 6.10 Å². The molecule has 7 heteroatoms. The first-order valence-electron chi connectivity index (χ1n) is 6.69. The van der Waals surface area contributed by atoms with Crippen LogP contribution in [0.2, 0.25) is 5.02 Å². The van der Waals surface area contributed by atoms with Gasteiger partial charge < -0.3 is 15.8 Å². The van der Waals surface area contributed by atoms with Gasteiger partial charge in [-0.3, -0.25) is 9.59 Å². The Morgan fingerprint density at radius 2 is 2.00 bits per heavy atom. The van der Waals surface area contributed by atoms with Gasteiger partial charge in [0, 0.05) is 10.6 Å². The fraction of sp³-hybridized carbons (Fsp3) is 0.125. The molecule has 0 saturated heterocycles. The molecule has 0 radical (unpaired) electrons. The van der Waals surface area contributed by atoms with E-state index in [1.807, 2.05) is 0 Å². The molecule has 0 aliphatic rings. The molecule has 0 saturated carbocycles. The zero-order chi connectivity index (χ0) is 17.0. The normalized spacial score (nSPS) is 11.6. The summed E-state index contributed by atoms with van der Waals surface area (Å²) in [6, 6.07) is 10.0. The van der Waals surface area contributed by atoms with Crippen LogP contribution < -0.4 is 15.8 Å². The van der Waals surface area contributed by atoms with Crippen molar-refractivity contribution >= 4 is 29.1 Å². The summed E-state index contributed by atoms with van der Waals surface area (Å²) < 4.78 is 19.1. The number of hydrogen-bond donors (Lipinski definition) is 2. The molecule has 2 aromatic carbocycles. The summed E-state index contributed by atoms with van der Waals surface area (Å²) in [4.78, 5) is 23.2. The number of amides is 2. The van der Waals surface area contributed by atoms with E-state index in [2.05, 4.69) is 5.32 Å². The third kappa shape index (κ3) is 4.43. The van der Waals surface area contributed by atoms with E-state index in [4.69, 9.17) is 22.1 Å². The molecular formula is C16H14ClFN2O3. The van der Waals surface area contributed by atoms with Crippen LogP contribution in [0.15, 0.2) is 42.5 Å². The lowest BCUT2D eigenvalue weighted by molar-refractivity contribution is -0.122. The predicted octanol–water partition coefficient (Wildman–Crippen LogP) is 2.98. The van der Waals surface area contributed by atoms with Gasteiger partial charge in [0.2, 0.25) is 5.91 Å². The summed E-state index contributed by atoms with van der Waals surface area (Å²) in [7, 11) is 0. The Morgan fingerprint density at radius 1 is 1.26 bits per heavy atom. The number of hydrogen-bond acceptors (Lipinski definition) is 3. The fourth-order valence-corrected chi connectivity index (χ4v) is 1.99. The number of benzene rings is 2. The Labute approximate surface area is 137 Å². The number of carbonyl (C=O) groups is 2. The average Bonchev–Trinajstić information content (AvgIpc) is 2.49. The van der Waals surface area contributed by atoms with Gasteiger partial charge in [-0.1, -0.05) is 17.7 Å². The smallest absolute Gasteiger partial charge is 0.265 e. The highest BCUT2D eigenvalue weighted by molar-refractivity contribution is 6.30. The van der Waals surface area contributed by atoms with Crippen LogP contribution in [-0.4, -0.2) is 17.9 Å². The molecule has 2 aromatic rings. The maximum absolute atomic E-state index is 13.7. The van der Waals surface area contributed by atoms with Crippen LogP contribution in [0, 0.1) is 5.82 Å². The number of ether oxygens (including phenoxy) is 1. The highest BCUT2D eigenvalue weighted by Gasteiger charge is 2.17. The molecule has 120 valence electrons. The molecule has 0 bridgehead atoms. The van der Waals surface area contributed by atoms with Crippen molar-refractivity contribution in [2.45, 2.75) is 13.0 Å². The van der Waals surface area contributed by atoms with Crippen molar-refractivity contribution in [2.75, 3.05) is 5.32 Å². The summed E-state index contributed by atoms with van der Waals surface area (Å²) in [6.45, 7) is 1.51. The second kappa shape index (κ2) is 7.11. The van der Waals surface area contributed by atoms with Gasteiger partial charge in [0.05, 0.1) is 5.69 Å². The van der Waals surface area contributed by atoms with Crippen LogP contribution >= 0.6 is 11.6 Å². The highest BCUT2D eigenvalue weighted by atomic mass is 35.5. The van der Waals surface area contributed by atoms with Crippen molar-refractivity contribution in [3.63, 3.8) is 0 Å². The second-order valence-electron chi connectivity index (χ2n) is 4.77. The minimum atomic E-state index is -0.898. The molecular weight excluding hydrogens is 323 g/mol. The maximum Gasteiger partial charge on any atom is 0.265 e. The molecule has 0 fully saturated rings. The monoisotopic (exact) mass is 336 g/mol. The first kappa shape index (κ1) is 16.8. The summed E-state index contributed by atoms with van der Waals surface area (Å²) >= 11 is 5.83. The minimum absolute atomic E-state index is 0.0881. The van der Waals surface area contributed by atoms with Gasteiger partial charge in [-0.2, -0.15) is 0 Å². The highest BCUT2D eigenvalue weighted by Crippen LogP contribution is 2.20. The largest absolute Gasteiger partial charge is 0.481 e. The molecule has 0 aliphatic carbocycles. The van der Waals surface area contributed by atoms with Gasteiger partial charge in [-0.05, 0) is 43.3 Å². The van der Waals surface area contributed by atoms with Crippen LogP contribution in [0.4, 0.5) is 10.1 Å². The van der Waals surface area contributed by atoms with Crippen LogP contribution in [0.5, 0.6) is 5.75 Å². The van der Waals surface area contributed by atoms with E-state index in [0.29, 0.717) is 10.8 Å². The number of rotatable bonds is 5. The predicted molar refractivity (Wildman–Crippen MR) is 85.1 cm³/mol. The Kier molecular flexibility index (Phi) is 5.18. The number of halogens is 2. The molecule has 3 N–H and O–H groups in total. The summed E-state index contributed by atoms with van der Waals surface area (Å²) in [5, 5.41) is 2.83. The Balaban J connectivity index is 2.09. The van der Waals surface area contributed by atoms with Crippen molar-refractivity contribution in [3.8, 4) is 5.75 Å². The Bertz CT molecular complexity index is 752. The number of carbonyl (C=O) groups excluding carboxylic acids is 2. The quantitative estimate of drug-likeness (QED) is 0.880. The first-order valence-corrected chi connectivity index (χ1v) is 7.07. The zero-order valence-corrected chi connectivity index (χ0v) is 12.9. The van der Waals surface area contributed by atoms with Crippen LogP contribution in [0.1, 0.15) is 17.3 Å². The molecule has 1 atom stereocenters. The Hall–Kier alpha value is -2.60. The summed E-state index contributed by atoms with van der Waals surface area (Å²) in [5.41, 5.74) is 5.07. The van der Waals surface area contributed by atoms with E-state index in [1.54, 1.807) is 24.3 Å². The van der Waals surface area contributed by atoms with Crippen molar-refractivity contribution in [3.05, 3.63) is 58.9 Å². The molecule has 0 aliphatic heterocycles. The number of anilines is 1. The fourth-order valence-electron chi connectivity index (χ4n) is 1.81. The van der Waals surface area contributed by atoms with Crippen LogP contribution in [0.25, 0.3) is 0 Å². The van der Waals surface area contributed by atoms with Gasteiger partial charge in [0.25, 0.3) is 5.91 Å². The molecule has 0 spiro atoms. The minimum Gasteiger partial charge on any atom is -0.481 e. The van der Waals surface area contributed by atoms with Crippen molar-refractivity contribution < 1.29 is 18.7 Å². The standard InChI is InChI=1S/C16H14ClFN2O3/c1-9(23-12-4-2-3-11(17)8-12)16(22)20-14-7-10(15(19)21)5-6-13(14)18/h2-9H,1H3,(H2,19,21)(H,20,22)/t9-/m1/s1.